The average Bonchev–Trinajstić information content (AvgIpc) is 2.72. The maximum absolute atomic E-state index is 12.8. The van der Waals surface area contributed by atoms with Crippen LogP contribution < -0.4 is 11.1 Å². The Morgan fingerprint density at radius 3 is 2.94 bits per heavy atom. The molecule has 0 saturated carbocycles. The summed E-state index contributed by atoms with van der Waals surface area (Å²) in [5.41, 5.74) is 5.82. The number of nitrogens with one attached hydrogen (secondary N) is 1. The van der Waals surface area contributed by atoms with E-state index in [9.17, 15) is 9.18 Å². The van der Waals surface area contributed by atoms with E-state index in [1.165, 1.54) is 12.1 Å². The summed E-state index contributed by atoms with van der Waals surface area (Å²) in [6.07, 6.45) is 0. The number of hydrogen-bond donors (Lipinski definition) is 2. The molecule has 0 fully saturated rings. The first-order valence-electron chi connectivity index (χ1n) is 5.18. The smallest absolute Gasteiger partial charge is 0.253 e. The van der Waals surface area contributed by atoms with Crippen molar-refractivity contribution in [3.63, 3.8) is 0 Å². The fraction of sp³-hybridized carbons (Fsp3) is 0.182. The number of amides is 1. The Hall–Kier alpha value is -2.44. The summed E-state index contributed by atoms with van der Waals surface area (Å²) < 4.78 is 17.7. The quantitative estimate of drug-likeness (QED) is 0.793. The first-order valence-corrected chi connectivity index (χ1v) is 5.18. The van der Waals surface area contributed by atoms with Crippen LogP contribution in [0.3, 0.4) is 0 Å². The zero-order chi connectivity index (χ0) is 13.1. The van der Waals surface area contributed by atoms with E-state index in [1.54, 1.807) is 6.92 Å². The van der Waals surface area contributed by atoms with E-state index in [2.05, 4.69) is 15.5 Å². The van der Waals surface area contributed by atoms with Gasteiger partial charge in [0.15, 0.2) is 5.82 Å². The van der Waals surface area contributed by atoms with Crippen molar-refractivity contribution in [1.29, 1.82) is 0 Å². The van der Waals surface area contributed by atoms with Crippen LogP contribution in [0.1, 0.15) is 22.1 Å². The number of nitrogens with zero attached hydrogens (tertiary/aromatic N) is 2. The molecule has 1 aromatic carbocycles. The Bertz CT molecular complexity index is 582. The van der Waals surface area contributed by atoms with Crippen LogP contribution >= 0.6 is 0 Å². The number of hydrogen-bond acceptors (Lipinski definition) is 5. The maximum Gasteiger partial charge on any atom is 0.253 e. The van der Waals surface area contributed by atoms with Crippen LogP contribution in [0, 0.1) is 12.7 Å². The standard InChI is InChI=1S/C11H11FN4O2/c1-6-15-10(18-16-6)5-14-11(17)8-3-2-7(12)4-9(8)13/h2-4H,5,13H2,1H3,(H,14,17). The van der Waals surface area contributed by atoms with Crippen molar-refractivity contribution in [2.45, 2.75) is 13.5 Å². The van der Waals surface area contributed by atoms with Gasteiger partial charge in [-0.15, -0.1) is 0 Å². The highest BCUT2D eigenvalue weighted by atomic mass is 19.1. The molecule has 1 aromatic heterocycles. The molecule has 0 aliphatic carbocycles. The minimum atomic E-state index is -0.489. The molecule has 0 radical (unpaired) electrons. The molecule has 7 heteroatoms. The predicted octanol–water partition coefficient (Wildman–Crippen LogP) is 1.03. The molecule has 1 heterocycles. The summed E-state index contributed by atoms with van der Waals surface area (Å²) >= 11 is 0. The van der Waals surface area contributed by atoms with Crippen molar-refractivity contribution in [2.75, 3.05) is 5.73 Å². The molecule has 2 aromatic rings. The molecule has 0 saturated heterocycles. The Kier molecular flexibility index (Phi) is 3.22. The minimum Gasteiger partial charge on any atom is -0.398 e. The maximum atomic E-state index is 12.8. The summed E-state index contributed by atoms with van der Waals surface area (Å²) in [4.78, 5) is 15.7. The number of benzene rings is 1. The van der Waals surface area contributed by atoms with E-state index in [0.29, 0.717) is 11.7 Å². The second kappa shape index (κ2) is 4.82. The lowest BCUT2D eigenvalue weighted by Gasteiger charge is -2.05. The molecular weight excluding hydrogens is 239 g/mol. The summed E-state index contributed by atoms with van der Waals surface area (Å²) in [6, 6.07) is 3.58. The van der Waals surface area contributed by atoms with E-state index in [0.717, 1.165) is 6.07 Å². The Balaban J connectivity index is 2.03. The van der Waals surface area contributed by atoms with Gasteiger partial charge in [-0.3, -0.25) is 4.79 Å². The fourth-order valence-electron chi connectivity index (χ4n) is 1.40. The van der Waals surface area contributed by atoms with Crippen LogP contribution in [-0.2, 0) is 6.54 Å². The number of anilines is 1. The average molecular weight is 250 g/mol. The Morgan fingerprint density at radius 1 is 1.56 bits per heavy atom. The first-order chi connectivity index (χ1) is 8.56. The van der Waals surface area contributed by atoms with Crippen LogP contribution in [0.5, 0.6) is 0 Å². The van der Waals surface area contributed by atoms with Crippen molar-refractivity contribution in [3.8, 4) is 0 Å². The van der Waals surface area contributed by atoms with Gasteiger partial charge < -0.3 is 15.6 Å². The van der Waals surface area contributed by atoms with Gasteiger partial charge in [-0.1, -0.05) is 5.16 Å². The van der Waals surface area contributed by atoms with E-state index in [1.807, 2.05) is 0 Å². The second-order valence-corrected chi connectivity index (χ2v) is 3.65. The zero-order valence-electron chi connectivity index (χ0n) is 9.61. The summed E-state index contributed by atoms with van der Waals surface area (Å²) in [5.74, 6) is -0.137. The molecule has 2 rings (SSSR count). The lowest BCUT2D eigenvalue weighted by atomic mass is 10.1. The number of nitrogens with two attached hydrogens (primary N) is 1. The fourth-order valence-corrected chi connectivity index (χ4v) is 1.40. The van der Waals surface area contributed by atoms with Crippen LogP contribution in [0.25, 0.3) is 0 Å². The largest absolute Gasteiger partial charge is 0.398 e. The molecule has 6 nitrogen and oxygen atoms in total. The van der Waals surface area contributed by atoms with Crippen molar-refractivity contribution in [3.05, 3.63) is 41.3 Å². The van der Waals surface area contributed by atoms with Crippen LogP contribution in [-0.4, -0.2) is 16.0 Å². The molecule has 1 amide bonds. The van der Waals surface area contributed by atoms with Crippen molar-refractivity contribution >= 4 is 11.6 Å². The van der Waals surface area contributed by atoms with E-state index >= 15 is 0 Å². The van der Waals surface area contributed by atoms with Crippen molar-refractivity contribution < 1.29 is 13.7 Å². The van der Waals surface area contributed by atoms with Gasteiger partial charge >= 0.3 is 0 Å². The summed E-state index contributed by atoms with van der Waals surface area (Å²) in [5, 5.41) is 6.14. The van der Waals surface area contributed by atoms with Gasteiger partial charge in [0.05, 0.1) is 12.1 Å². The zero-order valence-corrected chi connectivity index (χ0v) is 9.61. The summed E-state index contributed by atoms with van der Waals surface area (Å²) in [7, 11) is 0. The number of carbonyl (C=O) groups is 1. The number of carbonyl (C=O) groups excluding carboxylic acids is 1. The number of halogens is 1. The van der Waals surface area contributed by atoms with Gasteiger partial charge in [0, 0.05) is 5.69 Å². The molecule has 0 aliphatic rings. The lowest BCUT2D eigenvalue weighted by Crippen LogP contribution is -2.24. The predicted molar refractivity (Wildman–Crippen MR) is 61.0 cm³/mol. The van der Waals surface area contributed by atoms with Crippen LogP contribution in [0.15, 0.2) is 22.7 Å². The van der Waals surface area contributed by atoms with E-state index < -0.39 is 11.7 Å². The molecule has 0 aliphatic heterocycles. The number of aromatic nitrogens is 2. The highest BCUT2D eigenvalue weighted by molar-refractivity contribution is 5.98. The molecule has 0 bridgehead atoms. The lowest BCUT2D eigenvalue weighted by molar-refractivity contribution is 0.0947. The third kappa shape index (κ3) is 2.62. The molecule has 0 unspecified atom stereocenters. The van der Waals surface area contributed by atoms with Crippen LogP contribution in [0.4, 0.5) is 10.1 Å². The molecule has 0 spiro atoms. The number of rotatable bonds is 3. The van der Waals surface area contributed by atoms with Gasteiger partial charge in [0.1, 0.15) is 5.82 Å². The number of aryl methyl sites for hydroxylation is 1. The monoisotopic (exact) mass is 250 g/mol. The third-order valence-corrected chi connectivity index (χ3v) is 2.23. The van der Waals surface area contributed by atoms with Gasteiger partial charge in [-0.25, -0.2) is 4.39 Å². The molecule has 18 heavy (non-hydrogen) atoms. The third-order valence-electron chi connectivity index (χ3n) is 2.23. The summed E-state index contributed by atoms with van der Waals surface area (Å²) in [6.45, 7) is 1.77. The molecular formula is C11H11FN4O2. The highest BCUT2D eigenvalue weighted by Gasteiger charge is 2.11. The molecule has 3 N–H and O–H groups in total. The van der Waals surface area contributed by atoms with E-state index in [-0.39, 0.29) is 17.8 Å². The Labute approximate surface area is 102 Å². The number of nitrogen functional groups attached to an aromatic ring is 1. The molecule has 0 atom stereocenters. The van der Waals surface area contributed by atoms with Gasteiger partial charge in [-0.2, -0.15) is 4.98 Å². The van der Waals surface area contributed by atoms with E-state index in [4.69, 9.17) is 10.3 Å². The SMILES string of the molecule is Cc1noc(CNC(=O)c2ccc(F)cc2N)n1. The second-order valence-electron chi connectivity index (χ2n) is 3.65. The first kappa shape index (κ1) is 12.0. The van der Waals surface area contributed by atoms with Gasteiger partial charge in [0.25, 0.3) is 5.91 Å². The highest BCUT2D eigenvalue weighted by Crippen LogP contribution is 2.13. The minimum absolute atomic E-state index is 0.0780. The van der Waals surface area contributed by atoms with Crippen LogP contribution in [0.2, 0.25) is 0 Å². The molecule has 94 valence electrons. The van der Waals surface area contributed by atoms with Gasteiger partial charge in [0.2, 0.25) is 5.89 Å². The Morgan fingerprint density at radius 2 is 2.33 bits per heavy atom. The topological polar surface area (TPSA) is 94.0 Å². The normalized spacial score (nSPS) is 10.3. The van der Waals surface area contributed by atoms with Gasteiger partial charge in [-0.05, 0) is 25.1 Å². The van der Waals surface area contributed by atoms with Crippen molar-refractivity contribution in [1.82, 2.24) is 15.5 Å². The van der Waals surface area contributed by atoms with Crippen molar-refractivity contribution in [2.24, 2.45) is 0 Å².